The summed E-state index contributed by atoms with van der Waals surface area (Å²) in [6.07, 6.45) is 4.98. The maximum Gasteiger partial charge on any atom is 0.0474 e. The molecule has 1 saturated carbocycles. The van der Waals surface area contributed by atoms with Gasteiger partial charge < -0.3 is 10.4 Å². The van der Waals surface area contributed by atoms with Crippen LogP contribution in [0, 0.1) is 5.92 Å². The summed E-state index contributed by atoms with van der Waals surface area (Å²) in [6, 6.07) is 2.68. The van der Waals surface area contributed by atoms with E-state index in [0.717, 1.165) is 6.54 Å². The fourth-order valence-corrected chi connectivity index (χ4v) is 3.01. The summed E-state index contributed by atoms with van der Waals surface area (Å²) >= 11 is 1.74. The quantitative estimate of drug-likeness (QED) is 0.824. The average molecular weight is 225 g/mol. The zero-order valence-electron chi connectivity index (χ0n) is 8.98. The molecule has 2 atom stereocenters. The zero-order chi connectivity index (χ0) is 10.5. The molecule has 0 spiro atoms. The monoisotopic (exact) mass is 225 g/mol. The van der Waals surface area contributed by atoms with Crippen molar-refractivity contribution in [2.24, 2.45) is 5.92 Å². The molecule has 1 fully saturated rings. The third kappa shape index (κ3) is 3.03. The number of hydrogen-bond acceptors (Lipinski definition) is 3. The fraction of sp³-hybridized carbons (Fsp3) is 0.667. The van der Waals surface area contributed by atoms with Crippen LogP contribution in [0.4, 0.5) is 0 Å². The molecule has 15 heavy (non-hydrogen) atoms. The van der Waals surface area contributed by atoms with Crippen molar-refractivity contribution in [3.63, 3.8) is 0 Å². The average Bonchev–Trinajstić information content (AvgIpc) is 2.79. The van der Waals surface area contributed by atoms with Crippen LogP contribution in [-0.2, 0) is 6.54 Å². The van der Waals surface area contributed by atoms with Gasteiger partial charge in [0.15, 0.2) is 0 Å². The summed E-state index contributed by atoms with van der Waals surface area (Å²) in [5.41, 5.74) is 1.36. The Labute approximate surface area is 95.3 Å². The summed E-state index contributed by atoms with van der Waals surface area (Å²) in [5, 5.41) is 17.1. The number of nitrogens with one attached hydrogen (secondary N) is 1. The van der Waals surface area contributed by atoms with E-state index in [4.69, 9.17) is 0 Å². The van der Waals surface area contributed by atoms with Gasteiger partial charge in [-0.1, -0.05) is 12.8 Å². The van der Waals surface area contributed by atoms with E-state index in [9.17, 15) is 5.11 Å². The highest BCUT2D eigenvalue weighted by Gasteiger charge is 2.23. The molecule has 2 unspecified atom stereocenters. The van der Waals surface area contributed by atoms with Crippen molar-refractivity contribution >= 4 is 11.3 Å². The van der Waals surface area contributed by atoms with Gasteiger partial charge >= 0.3 is 0 Å². The molecule has 0 aliphatic heterocycles. The van der Waals surface area contributed by atoms with Crippen LogP contribution in [0.1, 0.15) is 31.2 Å². The minimum atomic E-state index is 0.335. The first kappa shape index (κ1) is 11.1. The topological polar surface area (TPSA) is 32.3 Å². The molecule has 3 heteroatoms. The first-order valence-corrected chi connectivity index (χ1v) is 6.69. The fourth-order valence-electron chi connectivity index (χ4n) is 2.34. The predicted octanol–water partition coefficient (Wildman–Crippen LogP) is 2.39. The lowest BCUT2D eigenvalue weighted by Gasteiger charge is -2.30. The van der Waals surface area contributed by atoms with Crippen molar-refractivity contribution in [2.75, 3.05) is 6.61 Å². The molecule has 1 aliphatic carbocycles. The summed E-state index contributed by atoms with van der Waals surface area (Å²) < 4.78 is 0. The van der Waals surface area contributed by atoms with Gasteiger partial charge in [-0.25, -0.2) is 0 Å². The van der Waals surface area contributed by atoms with Gasteiger partial charge in [-0.05, 0) is 41.1 Å². The molecular weight excluding hydrogens is 206 g/mol. The van der Waals surface area contributed by atoms with Crippen LogP contribution in [0.15, 0.2) is 16.8 Å². The van der Waals surface area contributed by atoms with Crippen molar-refractivity contribution in [1.29, 1.82) is 0 Å². The van der Waals surface area contributed by atoms with E-state index in [0.29, 0.717) is 18.6 Å². The lowest BCUT2D eigenvalue weighted by Crippen LogP contribution is -2.39. The highest BCUT2D eigenvalue weighted by Crippen LogP contribution is 2.24. The van der Waals surface area contributed by atoms with Gasteiger partial charge in [-0.15, -0.1) is 0 Å². The highest BCUT2D eigenvalue weighted by molar-refractivity contribution is 7.07. The Hall–Kier alpha value is -0.380. The predicted molar refractivity (Wildman–Crippen MR) is 64.0 cm³/mol. The van der Waals surface area contributed by atoms with E-state index >= 15 is 0 Å². The Kier molecular flexibility index (Phi) is 4.18. The molecule has 2 rings (SSSR count). The van der Waals surface area contributed by atoms with Gasteiger partial charge in [0.1, 0.15) is 0 Å². The van der Waals surface area contributed by atoms with Gasteiger partial charge in [-0.3, -0.25) is 0 Å². The first-order chi connectivity index (χ1) is 7.40. The number of aliphatic hydroxyl groups is 1. The van der Waals surface area contributed by atoms with Crippen LogP contribution in [-0.4, -0.2) is 17.8 Å². The third-order valence-corrected chi connectivity index (χ3v) is 4.02. The lowest BCUT2D eigenvalue weighted by atomic mass is 9.85. The van der Waals surface area contributed by atoms with E-state index in [1.54, 1.807) is 11.3 Å². The van der Waals surface area contributed by atoms with Crippen LogP contribution in [0.2, 0.25) is 0 Å². The van der Waals surface area contributed by atoms with Gasteiger partial charge in [0.05, 0.1) is 0 Å². The molecule has 0 amide bonds. The second-order valence-corrected chi connectivity index (χ2v) is 5.13. The van der Waals surface area contributed by atoms with Crippen molar-refractivity contribution in [3.8, 4) is 0 Å². The van der Waals surface area contributed by atoms with Gasteiger partial charge in [-0.2, -0.15) is 11.3 Å². The van der Waals surface area contributed by atoms with Crippen molar-refractivity contribution in [2.45, 2.75) is 38.3 Å². The van der Waals surface area contributed by atoms with E-state index < -0.39 is 0 Å². The highest BCUT2D eigenvalue weighted by atomic mass is 32.1. The van der Waals surface area contributed by atoms with Crippen molar-refractivity contribution < 1.29 is 5.11 Å². The minimum Gasteiger partial charge on any atom is -0.396 e. The molecule has 0 bridgehead atoms. The summed E-state index contributed by atoms with van der Waals surface area (Å²) in [7, 11) is 0. The molecule has 1 aromatic rings. The van der Waals surface area contributed by atoms with Gasteiger partial charge in [0.2, 0.25) is 0 Å². The Balaban J connectivity index is 1.81. The number of aliphatic hydroxyl groups excluding tert-OH is 1. The Morgan fingerprint density at radius 1 is 1.40 bits per heavy atom. The van der Waals surface area contributed by atoms with Gasteiger partial charge in [0, 0.05) is 19.2 Å². The second kappa shape index (κ2) is 5.64. The molecule has 0 aromatic carbocycles. The van der Waals surface area contributed by atoms with E-state index in [1.165, 1.54) is 31.2 Å². The molecule has 84 valence electrons. The Morgan fingerprint density at radius 2 is 2.27 bits per heavy atom. The molecule has 0 saturated heterocycles. The zero-order valence-corrected chi connectivity index (χ0v) is 9.80. The summed E-state index contributed by atoms with van der Waals surface area (Å²) in [4.78, 5) is 0. The Morgan fingerprint density at radius 3 is 3.00 bits per heavy atom. The normalized spacial score (nSPS) is 26.7. The lowest BCUT2D eigenvalue weighted by molar-refractivity contribution is 0.152. The van der Waals surface area contributed by atoms with E-state index in [1.807, 2.05) is 0 Å². The van der Waals surface area contributed by atoms with Crippen LogP contribution in [0.3, 0.4) is 0 Å². The largest absolute Gasteiger partial charge is 0.396 e. The molecule has 0 radical (unpaired) electrons. The maximum absolute atomic E-state index is 9.28. The minimum absolute atomic E-state index is 0.335. The Bertz CT molecular complexity index is 273. The van der Waals surface area contributed by atoms with Crippen LogP contribution >= 0.6 is 11.3 Å². The van der Waals surface area contributed by atoms with Crippen molar-refractivity contribution in [3.05, 3.63) is 22.4 Å². The molecular formula is C12H19NOS. The van der Waals surface area contributed by atoms with Crippen molar-refractivity contribution in [1.82, 2.24) is 5.32 Å². The van der Waals surface area contributed by atoms with E-state index in [-0.39, 0.29) is 0 Å². The number of hydrogen-bond donors (Lipinski definition) is 2. The number of thiophene rings is 1. The molecule has 2 N–H and O–H groups in total. The van der Waals surface area contributed by atoms with E-state index in [2.05, 4.69) is 22.1 Å². The van der Waals surface area contributed by atoms with Crippen LogP contribution in [0.5, 0.6) is 0 Å². The maximum atomic E-state index is 9.28. The third-order valence-electron chi connectivity index (χ3n) is 3.29. The summed E-state index contributed by atoms with van der Waals surface area (Å²) in [6.45, 7) is 1.28. The summed E-state index contributed by atoms with van der Waals surface area (Å²) in [5.74, 6) is 0.470. The molecule has 1 heterocycles. The second-order valence-electron chi connectivity index (χ2n) is 4.35. The van der Waals surface area contributed by atoms with Crippen LogP contribution < -0.4 is 5.32 Å². The number of rotatable bonds is 4. The van der Waals surface area contributed by atoms with Crippen LogP contribution in [0.25, 0.3) is 0 Å². The molecule has 2 nitrogen and oxygen atoms in total. The SMILES string of the molecule is OCC1CCCCC1NCc1ccsc1. The smallest absolute Gasteiger partial charge is 0.0474 e. The van der Waals surface area contributed by atoms with Gasteiger partial charge in [0.25, 0.3) is 0 Å². The molecule has 1 aromatic heterocycles. The first-order valence-electron chi connectivity index (χ1n) is 5.75. The standard InChI is InChI=1S/C12H19NOS/c14-8-11-3-1-2-4-12(11)13-7-10-5-6-15-9-10/h5-6,9,11-14H,1-4,7-8H2. The molecule has 1 aliphatic rings.